The van der Waals surface area contributed by atoms with E-state index in [2.05, 4.69) is 5.32 Å². The maximum Gasteiger partial charge on any atom is 0.407 e. The number of amides is 3. The fourth-order valence-corrected chi connectivity index (χ4v) is 3.83. The van der Waals surface area contributed by atoms with E-state index in [1.54, 1.807) is 39.0 Å². The van der Waals surface area contributed by atoms with E-state index in [9.17, 15) is 19.2 Å². The summed E-state index contributed by atoms with van der Waals surface area (Å²) in [6.07, 6.45) is -0.825. The van der Waals surface area contributed by atoms with E-state index in [4.69, 9.17) is 20.3 Å². The summed E-state index contributed by atoms with van der Waals surface area (Å²) in [6.45, 7) is 6.06. The Morgan fingerprint density at radius 1 is 1.11 bits per heavy atom. The molecule has 192 valence electrons. The van der Waals surface area contributed by atoms with Crippen molar-refractivity contribution in [3.05, 3.63) is 64.7 Å². The van der Waals surface area contributed by atoms with E-state index >= 15 is 0 Å². The first-order valence-corrected chi connectivity index (χ1v) is 11.6. The fourth-order valence-electron chi connectivity index (χ4n) is 3.83. The number of fused-ring (bicyclic) bond motifs is 1. The SMILES string of the molecule is CC(C)(C)OC(=O)NCc1ccc(COc2cccc3c2CN(C(CCC(=O)O)C(N)=O)C3=O)cc1. The number of nitrogens with one attached hydrogen (secondary N) is 1. The van der Waals surface area contributed by atoms with Crippen LogP contribution in [0.5, 0.6) is 5.75 Å². The van der Waals surface area contributed by atoms with Gasteiger partial charge in [-0.05, 0) is 50.5 Å². The number of ether oxygens (including phenoxy) is 2. The Labute approximate surface area is 209 Å². The summed E-state index contributed by atoms with van der Waals surface area (Å²) in [7, 11) is 0. The smallest absolute Gasteiger partial charge is 0.407 e. The first-order chi connectivity index (χ1) is 16.9. The maximum absolute atomic E-state index is 12.9. The second-order valence-corrected chi connectivity index (χ2v) is 9.53. The van der Waals surface area contributed by atoms with E-state index in [0.29, 0.717) is 23.4 Å². The number of carbonyl (C=O) groups excluding carboxylic acids is 3. The molecule has 10 heteroatoms. The van der Waals surface area contributed by atoms with Crippen LogP contribution in [0, 0.1) is 0 Å². The molecule has 4 N–H and O–H groups in total. The molecule has 1 unspecified atom stereocenters. The molecule has 3 rings (SSSR count). The molecule has 36 heavy (non-hydrogen) atoms. The van der Waals surface area contributed by atoms with Crippen LogP contribution in [0.1, 0.15) is 60.7 Å². The molecule has 1 aliphatic heterocycles. The Bertz CT molecular complexity index is 1140. The van der Waals surface area contributed by atoms with Gasteiger partial charge in [0, 0.05) is 24.1 Å². The van der Waals surface area contributed by atoms with Crippen LogP contribution in [0.4, 0.5) is 4.79 Å². The van der Waals surface area contributed by atoms with E-state index in [1.165, 1.54) is 4.90 Å². The molecule has 0 aliphatic carbocycles. The van der Waals surface area contributed by atoms with Crippen molar-refractivity contribution in [2.45, 2.75) is 65.0 Å². The van der Waals surface area contributed by atoms with Gasteiger partial charge in [0.25, 0.3) is 5.91 Å². The summed E-state index contributed by atoms with van der Waals surface area (Å²) in [5.74, 6) is -1.70. The summed E-state index contributed by atoms with van der Waals surface area (Å²) in [5, 5.41) is 11.7. The topological polar surface area (TPSA) is 148 Å². The third-order valence-electron chi connectivity index (χ3n) is 5.54. The van der Waals surface area contributed by atoms with Gasteiger partial charge in [0.2, 0.25) is 5.91 Å². The van der Waals surface area contributed by atoms with Crippen LogP contribution in [-0.4, -0.2) is 45.5 Å². The highest BCUT2D eigenvalue weighted by molar-refractivity contribution is 6.01. The second-order valence-electron chi connectivity index (χ2n) is 9.53. The summed E-state index contributed by atoms with van der Waals surface area (Å²) >= 11 is 0. The maximum atomic E-state index is 12.9. The molecule has 0 radical (unpaired) electrons. The lowest BCUT2D eigenvalue weighted by Gasteiger charge is -2.24. The number of nitrogens with zero attached hydrogens (tertiary/aromatic N) is 1. The molecule has 0 saturated heterocycles. The number of hydrogen-bond donors (Lipinski definition) is 3. The monoisotopic (exact) mass is 497 g/mol. The first-order valence-electron chi connectivity index (χ1n) is 11.6. The van der Waals surface area contributed by atoms with Gasteiger partial charge in [0.1, 0.15) is 24.0 Å². The molecule has 10 nitrogen and oxygen atoms in total. The molecule has 0 fully saturated rings. The highest BCUT2D eigenvalue weighted by atomic mass is 16.6. The van der Waals surface area contributed by atoms with Crippen molar-refractivity contribution in [3.63, 3.8) is 0 Å². The van der Waals surface area contributed by atoms with Crippen LogP contribution in [-0.2, 0) is 34.0 Å². The lowest BCUT2D eigenvalue weighted by Crippen LogP contribution is -2.45. The predicted octanol–water partition coefficient (Wildman–Crippen LogP) is 2.96. The molecule has 0 bridgehead atoms. The van der Waals surface area contributed by atoms with Crippen LogP contribution in [0.25, 0.3) is 0 Å². The molecular formula is C26H31N3O7. The second kappa shape index (κ2) is 11.1. The highest BCUT2D eigenvalue weighted by Gasteiger charge is 2.37. The van der Waals surface area contributed by atoms with Crippen molar-refractivity contribution < 1.29 is 33.8 Å². The van der Waals surface area contributed by atoms with Crippen LogP contribution in [0.3, 0.4) is 0 Å². The van der Waals surface area contributed by atoms with Gasteiger partial charge in [-0.2, -0.15) is 0 Å². The number of rotatable bonds is 10. The Hall–Kier alpha value is -4.08. The zero-order valence-electron chi connectivity index (χ0n) is 20.6. The average Bonchev–Trinajstić information content (AvgIpc) is 3.12. The van der Waals surface area contributed by atoms with Crippen LogP contribution < -0.4 is 15.8 Å². The van der Waals surface area contributed by atoms with Crippen molar-refractivity contribution in [2.75, 3.05) is 0 Å². The number of carboxylic acids is 1. The van der Waals surface area contributed by atoms with E-state index in [-0.39, 0.29) is 31.9 Å². The summed E-state index contributed by atoms with van der Waals surface area (Å²) < 4.78 is 11.2. The standard InChI is InChI=1S/C26H31N3O7/c1-26(2,3)36-25(34)28-13-16-7-9-17(10-8-16)15-35-21-6-4-5-18-19(21)14-29(24(18)33)20(23(27)32)11-12-22(30)31/h4-10,20H,11-15H2,1-3H3,(H2,27,32)(H,28,34)(H,30,31). The number of carbonyl (C=O) groups is 4. The Kier molecular flexibility index (Phi) is 8.18. The molecule has 3 amide bonds. The number of primary amides is 1. The minimum absolute atomic E-state index is 0.0598. The van der Waals surface area contributed by atoms with Crippen LogP contribution in [0.15, 0.2) is 42.5 Å². The molecule has 2 aromatic carbocycles. The third-order valence-corrected chi connectivity index (χ3v) is 5.54. The van der Waals surface area contributed by atoms with E-state index < -0.39 is 29.6 Å². The van der Waals surface area contributed by atoms with Gasteiger partial charge in [-0.25, -0.2) is 4.79 Å². The summed E-state index contributed by atoms with van der Waals surface area (Å²) in [5.41, 5.74) is 7.70. The first kappa shape index (κ1) is 26.5. The molecule has 2 aromatic rings. The number of carboxylic acid groups (broad SMARTS) is 1. The van der Waals surface area contributed by atoms with Crippen molar-refractivity contribution in [1.82, 2.24) is 10.2 Å². The van der Waals surface area contributed by atoms with Crippen molar-refractivity contribution in [3.8, 4) is 5.75 Å². The number of alkyl carbamates (subject to hydrolysis) is 1. The molecule has 0 spiro atoms. The molecule has 1 heterocycles. The number of hydrogen-bond acceptors (Lipinski definition) is 6. The normalized spacial score (nSPS) is 13.6. The zero-order valence-corrected chi connectivity index (χ0v) is 20.6. The number of aliphatic carboxylic acids is 1. The largest absolute Gasteiger partial charge is 0.489 e. The molecule has 0 saturated carbocycles. The number of benzene rings is 2. The van der Waals surface area contributed by atoms with Crippen molar-refractivity contribution in [1.29, 1.82) is 0 Å². The minimum Gasteiger partial charge on any atom is -0.489 e. The Balaban J connectivity index is 1.62. The van der Waals surface area contributed by atoms with Crippen LogP contribution >= 0.6 is 0 Å². The third kappa shape index (κ3) is 6.97. The van der Waals surface area contributed by atoms with Gasteiger partial charge in [0.15, 0.2) is 0 Å². The summed E-state index contributed by atoms with van der Waals surface area (Å²) in [4.78, 5) is 48.9. The lowest BCUT2D eigenvalue weighted by molar-refractivity contribution is -0.137. The Morgan fingerprint density at radius 2 is 1.78 bits per heavy atom. The lowest BCUT2D eigenvalue weighted by atomic mass is 10.1. The quantitative estimate of drug-likeness (QED) is 0.457. The van der Waals surface area contributed by atoms with E-state index in [0.717, 1.165) is 11.1 Å². The Morgan fingerprint density at radius 3 is 2.39 bits per heavy atom. The zero-order chi connectivity index (χ0) is 26.5. The van der Waals surface area contributed by atoms with Gasteiger partial charge in [-0.1, -0.05) is 30.3 Å². The molecular weight excluding hydrogens is 466 g/mol. The highest BCUT2D eigenvalue weighted by Crippen LogP contribution is 2.33. The van der Waals surface area contributed by atoms with Gasteiger partial charge < -0.3 is 30.5 Å². The van der Waals surface area contributed by atoms with E-state index in [1.807, 2.05) is 24.3 Å². The molecule has 1 aliphatic rings. The average molecular weight is 498 g/mol. The summed E-state index contributed by atoms with van der Waals surface area (Å²) in [6, 6.07) is 11.6. The molecule has 0 aromatic heterocycles. The van der Waals surface area contributed by atoms with Gasteiger partial charge in [-0.3, -0.25) is 14.4 Å². The van der Waals surface area contributed by atoms with Crippen LogP contribution in [0.2, 0.25) is 0 Å². The van der Waals surface area contributed by atoms with Crippen molar-refractivity contribution >= 4 is 23.9 Å². The van der Waals surface area contributed by atoms with Gasteiger partial charge in [0.05, 0.1) is 6.54 Å². The van der Waals surface area contributed by atoms with Gasteiger partial charge >= 0.3 is 12.1 Å². The molecule has 1 atom stereocenters. The van der Waals surface area contributed by atoms with Crippen molar-refractivity contribution in [2.24, 2.45) is 5.73 Å². The number of nitrogens with two attached hydrogens (primary N) is 1. The van der Waals surface area contributed by atoms with Gasteiger partial charge in [-0.15, -0.1) is 0 Å². The minimum atomic E-state index is -1.07. The fraction of sp³-hybridized carbons (Fsp3) is 0.385. The predicted molar refractivity (Wildman–Crippen MR) is 130 cm³/mol.